The monoisotopic (exact) mass is 366 g/mol. The van der Waals surface area contributed by atoms with Gasteiger partial charge >= 0.3 is 12.0 Å². The van der Waals surface area contributed by atoms with E-state index in [4.69, 9.17) is 9.47 Å². The first-order valence-corrected chi connectivity index (χ1v) is 8.91. The van der Waals surface area contributed by atoms with Gasteiger partial charge in [-0.25, -0.2) is 9.59 Å². The molecule has 1 heterocycles. The van der Waals surface area contributed by atoms with Crippen LogP contribution < -0.4 is 15.4 Å². The van der Waals surface area contributed by atoms with Gasteiger partial charge in [0.15, 0.2) is 0 Å². The van der Waals surface area contributed by atoms with E-state index in [0.717, 1.165) is 5.56 Å². The Kier molecular flexibility index (Phi) is 5.76. The number of carbonyl (C=O) groups excluding carboxylic acids is 2. The normalized spacial score (nSPS) is 16.4. The van der Waals surface area contributed by atoms with Crippen molar-refractivity contribution in [3.63, 3.8) is 0 Å². The van der Waals surface area contributed by atoms with Gasteiger partial charge in [-0.15, -0.1) is 0 Å². The summed E-state index contributed by atoms with van der Waals surface area (Å²) in [6.45, 7) is 4.34. The summed E-state index contributed by atoms with van der Waals surface area (Å²) in [7, 11) is 0. The maximum Gasteiger partial charge on any atom is 0.338 e. The van der Waals surface area contributed by atoms with Crippen molar-refractivity contribution in [1.29, 1.82) is 0 Å². The molecule has 0 saturated carbocycles. The molecule has 0 radical (unpaired) electrons. The topological polar surface area (TPSA) is 76.7 Å². The van der Waals surface area contributed by atoms with Gasteiger partial charge in [-0.2, -0.15) is 0 Å². The Morgan fingerprint density at radius 2 is 1.70 bits per heavy atom. The molecule has 1 aliphatic rings. The van der Waals surface area contributed by atoms with Crippen molar-refractivity contribution in [2.45, 2.75) is 19.9 Å². The summed E-state index contributed by atoms with van der Waals surface area (Å²) in [5, 5.41) is 5.59. The summed E-state index contributed by atoms with van der Waals surface area (Å²) in [6.07, 6.45) is 0. The molecule has 1 unspecified atom stereocenters. The average Bonchev–Trinajstić information content (AvgIpc) is 2.69. The van der Waals surface area contributed by atoms with Crippen LogP contribution in [0.15, 0.2) is 60.2 Å². The third kappa shape index (κ3) is 3.95. The van der Waals surface area contributed by atoms with Gasteiger partial charge in [0.25, 0.3) is 0 Å². The van der Waals surface area contributed by atoms with Gasteiger partial charge in [-0.1, -0.05) is 48.5 Å². The standard InChI is InChI=1S/C21H22N2O4/c1-3-26-16-13-9-8-12-15(16)19-17(20(24)27-4-2)18(22-21(25)23-19)14-10-6-5-7-11-14/h5-13,19H,3-4H2,1-2H3,(H2,22,23,25). The van der Waals surface area contributed by atoms with Crippen molar-refractivity contribution in [2.75, 3.05) is 13.2 Å². The van der Waals surface area contributed by atoms with Gasteiger partial charge in [0.1, 0.15) is 5.75 Å². The number of amides is 2. The number of benzene rings is 2. The molecule has 0 bridgehead atoms. The largest absolute Gasteiger partial charge is 0.494 e. The van der Waals surface area contributed by atoms with Gasteiger partial charge in [0, 0.05) is 5.56 Å². The number of hydrogen-bond donors (Lipinski definition) is 2. The summed E-state index contributed by atoms with van der Waals surface area (Å²) in [5.41, 5.74) is 2.21. The zero-order valence-electron chi connectivity index (χ0n) is 15.3. The lowest BCUT2D eigenvalue weighted by molar-refractivity contribution is -0.138. The summed E-state index contributed by atoms with van der Waals surface area (Å²) >= 11 is 0. The van der Waals surface area contributed by atoms with Crippen LogP contribution in [-0.4, -0.2) is 25.2 Å². The highest BCUT2D eigenvalue weighted by atomic mass is 16.5. The van der Waals surface area contributed by atoms with Crippen molar-refractivity contribution < 1.29 is 19.1 Å². The van der Waals surface area contributed by atoms with Crippen LogP contribution in [0.3, 0.4) is 0 Å². The van der Waals surface area contributed by atoms with Crippen molar-refractivity contribution in [3.05, 3.63) is 71.3 Å². The highest BCUT2D eigenvalue weighted by Crippen LogP contribution is 2.36. The Balaban J connectivity index is 2.19. The van der Waals surface area contributed by atoms with E-state index in [1.165, 1.54) is 0 Å². The molecule has 1 aliphatic heterocycles. The number of nitrogens with one attached hydrogen (secondary N) is 2. The molecule has 2 N–H and O–H groups in total. The van der Waals surface area contributed by atoms with Crippen molar-refractivity contribution in [2.24, 2.45) is 0 Å². The van der Waals surface area contributed by atoms with Crippen LogP contribution in [0.25, 0.3) is 5.70 Å². The molecule has 6 heteroatoms. The number of para-hydroxylation sites is 1. The molecular formula is C21H22N2O4. The van der Waals surface area contributed by atoms with E-state index in [0.29, 0.717) is 29.2 Å². The van der Waals surface area contributed by atoms with Crippen LogP contribution in [0.5, 0.6) is 5.75 Å². The van der Waals surface area contributed by atoms with Crippen LogP contribution in [0.2, 0.25) is 0 Å². The molecule has 140 valence electrons. The minimum Gasteiger partial charge on any atom is -0.494 e. The maximum atomic E-state index is 12.8. The van der Waals surface area contributed by atoms with Crippen LogP contribution in [-0.2, 0) is 9.53 Å². The molecule has 2 aromatic carbocycles. The molecule has 0 aliphatic carbocycles. The van der Waals surface area contributed by atoms with Crippen LogP contribution >= 0.6 is 0 Å². The fraction of sp³-hybridized carbons (Fsp3) is 0.238. The number of urea groups is 1. The summed E-state index contributed by atoms with van der Waals surface area (Å²) in [6, 6.07) is 15.5. The first-order chi connectivity index (χ1) is 13.2. The second-order valence-corrected chi connectivity index (χ2v) is 5.88. The Labute approximate surface area is 158 Å². The number of ether oxygens (including phenoxy) is 2. The SMILES string of the molecule is CCOC(=O)C1=C(c2ccccc2)NC(=O)NC1c1ccccc1OCC. The number of esters is 1. The quantitative estimate of drug-likeness (QED) is 0.768. The second-order valence-electron chi connectivity index (χ2n) is 5.88. The molecule has 6 nitrogen and oxygen atoms in total. The Bertz CT molecular complexity index is 861. The van der Waals surface area contributed by atoms with E-state index in [1.54, 1.807) is 6.92 Å². The molecule has 0 aromatic heterocycles. The van der Waals surface area contributed by atoms with Crippen LogP contribution in [0.4, 0.5) is 4.79 Å². The Morgan fingerprint density at radius 1 is 1.00 bits per heavy atom. The van der Waals surface area contributed by atoms with Crippen LogP contribution in [0, 0.1) is 0 Å². The second kappa shape index (κ2) is 8.40. The molecule has 27 heavy (non-hydrogen) atoms. The fourth-order valence-corrected chi connectivity index (χ4v) is 3.07. The minimum atomic E-state index is -0.684. The molecule has 2 amide bonds. The molecule has 1 atom stereocenters. The van der Waals surface area contributed by atoms with E-state index >= 15 is 0 Å². The lowest BCUT2D eigenvalue weighted by Crippen LogP contribution is -2.45. The minimum absolute atomic E-state index is 0.234. The molecule has 2 aromatic rings. The zero-order chi connectivity index (χ0) is 19.2. The number of rotatable bonds is 6. The highest BCUT2D eigenvalue weighted by Gasteiger charge is 2.35. The van der Waals surface area contributed by atoms with E-state index in [2.05, 4.69) is 10.6 Å². The van der Waals surface area contributed by atoms with Gasteiger partial charge in [-0.05, 0) is 25.5 Å². The van der Waals surface area contributed by atoms with Crippen molar-refractivity contribution >= 4 is 17.7 Å². The Hall–Kier alpha value is -3.28. The molecule has 3 rings (SSSR count). The van der Waals surface area contributed by atoms with E-state index in [-0.39, 0.29) is 6.61 Å². The van der Waals surface area contributed by atoms with E-state index < -0.39 is 18.0 Å². The summed E-state index contributed by atoms with van der Waals surface area (Å²) in [5.74, 6) is 0.126. The lowest BCUT2D eigenvalue weighted by atomic mass is 9.92. The van der Waals surface area contributed by atoms with Gasteiger partial charge in [-0.3, -0.25) is 0 Å². The summed E-state index contributed by atoms with van der Waals surface area (Å²) in [4.78, 5) is 25.2. The number of hydrogen-bond acceptors (Lipinski definition) is 4. The molecule has 0 spiro atoms. The van der Waals surface area contributed by atoms with Gasteiger partial charge < -0.3 is 20.1 Å². The van der Waals surface area contributed by atoms with Gasteiger partial charge in [0.05, 0.1) is 30.5 Å². The highest BCUT2D eigenvalue weighted by molar-refractivity contribution is 6.04. The van der Waals surface area contributed by atoms with Crippen LogP contribution in [0.1, 0.15) is 31.0 Å². The predicted octanol–water partition coefficient (Wildman–Crippen LogP) is 3.41. The predicted molar refractivity (Wildman–Crippen MR) is 102 cm³/mol. The van der Waals surface area contributed by atoms with Gasteiger partial charge in [0.2, 0.25) is 0 Å². The average molecular weight is 366 g/mol. The van der Waals surface area contributed by atoms with Crippen molar-refractivity contribution in [1.82, 2.24) is 10.6 Å². The zero-order valence-corrected chi connectivity index (χ0v) is 15.3. The fourth-order valence-electron chi connectivity index (χ4n) is 3.07. The molecular weight excluding hydrogens is 344 g/mol. The smallest absolute Gasteiger partial charge is 0.338 e. The van der Waals surface area contributed by atoms with E-state index in [1.807, 2.05) is 61.5 Å². The first kappa shape index (κ1) is 18.5. The maximum absolute atomic E-state index is 12.8. The lowest BCUT2D eigenvalue weighted by Gasteiger charge is -2.30. The number of carbonyl (C=O) groups is 2. The molecule has 0 fully saturated rings. The third-order valence-electron chi connectivity index (χ3n) is 4.16. The Morgan fingerprint density at radius 3 is 2.41 bits per heavy atom. The third-order valence-corrected chi connectivity index (χ3v) is 4.16. The van der Waals surface area contributed by atoms with E-state index in [9.17, 15) is 9.59 Å². The van der Waals surface area contributed by atoms with Crippen molar-refractivity contribution in [3.8, 4) is 5.75 Å². The summed E-state index contributed by atoms with van der Waals surface area (Å²) < 4.78 is 11.0. The molecule has 0 saturated heterocycles. The first-order valence-electron chi connectivity index (χ1n) is 8.91.